The average Bonchev–Trinajstić information content (AvgIpc) is 2.25. The van der Waals surface area contributed by atoms with E-state index >= 15 is 0 Å². The molecule has 110 valence electrons. The number of carboxylic acids is 1. The lowest BCUT2D eigenvalue weighted by molar-refractivity contribution is -0.306. The van der Waals surface area contributed by atoms with Crippen LogP contribution in [-0.4, -0.2) is 72.8 Å². The molecule has 18 heavy (non-hydrogen) atoms. The molecule has 0 fully saturated rings. The highest BCUT2D eigenvalue weighted by Crippen LogP contribution is 2.45. The summed E-state index contributed by atoms with van der Waals surface area (Å²) >= 11 is 0. The number of ether oxygens (including phenoxy) is 3. The Morgan fingerprint density at radius 2 is 1.56 bits per heavy atom. The van der Waals surface area contributed by atoms with Crippen molar-refractivity contribution in [2.24, 2.45) is 0 Å². The van der Waals surface area contributed by atoms with Crippen molar-refractivity contribution in [3.05, 3.63) is 0 Å². The highest BCUT2D eigenvalue weighted by Gasteiger charge is 2.15. The molecule has 0 aromatic carbocycles. The van der Waals surface area contributed by atoms with Crippen LogP contribution >= 0.6 is 7.26 Å². The third kappa shape index (κ3) is 24.8. The molecule has 0 amide bonds. The molecule has 0 heterocycles. The first-order valence-electron chi connectivity index (χ1n) is 5.89. The van der Waals surface area contributed by atoms with Crippen LogP contribution in [0.1, 0.15) is 6.42 Å². The predicted molar refractivity (Wildman–Crippen MR) is 73.8 cm³/mol. The maximum absolute atomic E-state index is 9.81. The van der Waals surface area contributed by atoms with E-state index in [4.69, 9.17) is 9.47 Å². The summed E-state index contributed by atoms with van der Waals surface area (Å²) in [6, 6.07) is 0. The van der Waals surface area contributed by atoms with Crippen LogP contribution in [0.15, 0.2) is 0 Å². The number of rotatable bonds is 9. The Bertz CT molecular complexity index is 191. The summed E-state index contributed by atoms with van der Waals surface area (Å²) in [5, 5.41) is 9.81. The monoisotopic (exact) mass is 282 g/mol. The first-order valence-corrected chi connectivity index (χ1v) is 9.21. The fourth-order valence-electron chi connectivity index (χ4n) is 0.765. The summed E-state index contributed by atoms with van der Waals surface area (Å²) in [6.07, 6.45) is 1.20. The highest BCUT2D eigenvalue weighted by molar-refractivity contribution is 7.73. The molecule has 0 radical (unpaired) electrons. The first-order chi connectivity index (χ1) is 8.33. The standard InChI is InChI=1S/C6H12O4.C6H16OP/c1-9-4-5-10-3-2-6(7)8;1-7-5-6-8(2,3)4/h2-5H2,1H3,(H,7,8);5-6H2,1-4H3/q;+1/p-1. The number of carbonyl (C=O) groups excluding carboxylic acids is 1. The van der Waals surface area contributed by atoms with Crippen molar-refractivity contribution in [1.82, 2.24) is 0 Å². The molecular weight excluding hydrogens is 255 g/mol. The molecule has 0 N–H and O–H groups in total. The summed E-state index contributed by atoms with van der Waals surface area (Å²) < 4.78 is 14.4. The topological polar surface area (TPSA) is 67.8 Å². The van der Waals surface area contributed by atoms with E-state index in [1.54, 1.807) is 14.2 Å². The van der Waals surface area contributed by atoms with Gasteiger partial charge in [-0.3, -0.25) is 0 Å². The lowest BCUT2D eigenvalue weighted by Crippen LogP contribution is -2.23. The summed E-state index contributed by atoms with van der Waals surface area (Å²) in [6.45, 7) is 9.03. The Kier molecular flexibility index (Phi) is 14.8. The van der Waals surface area contributed by atoms with Crippen molar-refractivity contribution in [1.29, 1.82) is 0 Å². The number of hydrogen-bond acceptors (Lipinski definition) is 5. The van der Waals surface area contributed by atoms with E-state index < -0.39 is 13.2 Å². The molecular formula is C12H27O5P. The van der Waals surface area contributed by atoms with Gasteiger partial charge in [0.15, 0.2) is 0 Å². The van der Waals surface area contributed by atoms with E-state index in [9.17, 15) is 9.90 Å². The Balaban J connectivity index is 0. The maximum Gasteiger partial charge on any atom is 0.0820 e. The molecule has 0 rings (SSSR count). The molecule has 6 heteroatoms. The zero-order valence-electron chi connectivity index (χ0n) is 12.2. The van der Waals surface area contributed by atoms with Crippen LogP contribution in [0, 0.1) is 0 Å². The van der Waals surface area contributed by atoms with E-state index in [1.807, 2.05) is 0 Å². The lowest BCUT2D eigenvalue weighted by Gasteiger charge is -2.09. The normalized spacial score (nSPS) is 10.7. The van der Waals surface area contributed by atoms with Gasteiger partial charge in [-0.15, -0.1) is 0 Å². The van der Waals surface area contributed by atoms with Crippen molar-refractivity contribution >= 4 is 13.2 Å². The Labute approximate surface area is 111 Å². The summed E-state index contributed by atoms with van der Waals surface area (Å²) in [5.41, 5.74) is 0. The van der Waals surface area contributed by atoms with Gasteiger partial charge in [0.25, 0.3) is 0 Å². The predicted octanol–water partition coefficient (Wildman–Crippen LogP) is 0.329. The molecule has 0 unspecified atom stereocenters. The number of carboxylic acid groups (broad SMARTS) is 1. The smallest absolute Gasteiger partial charge is 0.0820 e. The van der Waals surface area contributed by atoms with Gasteiger partial charge >= 0.3 is 0 Å². The van der Waals surface area contributed by atoms with Crippen molar-refractivity contribution in [3.8, 4) is 0 Å². The van der Waals surface area contributed by atoms with Crippen LogP contribution in [-0.2, 0) is 19.0 Å². The maximum atomic E-state index is 9.81. The van der Waals surface area contributed by atoms with Gasteiger partial charge in [-0.1, -0.05) is 0 Å². The number of aliphatic carboxylic acids is 1. The van der Waals surface area contributed by atoms with Crippen molar-refractivity contribution in [2.75, 3.05) is 66.8 Å². The van der Waals surface area contributed by atoms with E-state index in [-0.39, 0.29) is 13.0 Å². The molecule has 0 aromatic rings. The molecule has 0 bridgehead atoms. The van der Waals surface area contributed by atoms with Gasteiger partial charge in [0, 0.05) is 53.9 Å². The molecule has 5 nitrogen and oxygen atoms in total. The molecule has 0 saturated heterocycles. The molecule has 0 aliphatic rings. The molecule has 0 atom stereocenters. The Morgan fingerprint density at radius 3 is 1.89 bits per heavy atom. The van der Waals surface area contributed by atoms with Crippen molar-refractivity contribution in [2.45, 2.75) is 6.42 Å². The van der Waals surface area contributed by atoms with Crippen LogP contribution in [0.2, 0.25) is 0 Å². The summed E-state index contributed by atoms with van der Waals surface area (Å²) in [4.78, 5) is 9.81. The second kappa shape index (κ2) is 13.2. The van der Waals surface area contributed by atoms with Gasteiger partial charge in [0.05, 0.1) is 32.6 Å². The third-order valence-corrected chi connectivity index (χ3v) is 3.37. The molecule has 0 aromatic heterocycles. The fraction of sp³-hybridized carbons (Fsp3) is 0.917. The van der Waals surface area contributed by atoms with E-state index in [1.165, 1.54) is 6.16 Å². The quantitative estimate of drug-likeness (QED) is 0.450. The largest absolute Gasteiger partial charge is 0.550 e. The van der Waals surface area contributed by atoms with Crippen LogP contribution in [0.4, 0.5) is 0 Å². The van der Waals surface area contributed by atoms with Crippen LogP contribution in [0.25, 0.3) is 0 Å². The summed E-state index contributed by atoms with van der Waals surface area (Å²) in [7, 11) is 2.76. The third-order valence-electron chi connectivity index (χ3n) is 1.85. The average molecular weight is 282 g/mol. The number of carbonyl (C=O) groups is 1. The summed E-state index contributed by atoms with van der Waals surface area (Å²) in [5.74, 6) is -1.09. The van der Waals surface area contributed by atoms with E-state index in [0.29, 0.717) is 13.2 Å². The highest BCUT2D eigenvalue weighted by atomic mass is 31.2. The van der Waals surface area contributed by atoms with E-state index in [0.717, 1.165) is 6.61 Å². The minimum atomic E-state index is -1.09. The van der Waals surface area contributed by atoms with E-state index in [2.05, 4.69) is 24.7 Å². The van der Waals surface area contributed by atoms with Gasteiger partial charge in [-0.05, 0) is 0 Å². The van der Waals surface area contributed by atoms with Crippen molar-refractivity contribution in [3.63, 3.8) is 0 Å². The zero-order valence-corrected chi connectivity index (χ0v) is 13.1. The Morgan fingerprint density at radius 1 is 1.00 bits per heavy atom. The Hall–Kier alpha value is -0.220. The second-order valence-electron chi connectivity index (χ2n) is 4.73. The lowest BCUT2D eigenvalue weighted by atomic mass is 10.5. The van der Waals surface area contributed by atoms with Crippen LogP contribution in [0.3, 0.4) is 0 Å². The number of hydrogen-bond donors (Lipinski definition) is 0. The van der Waals surface area contributed by atoms with Gasteiger partial charge in [0.1, 0.15) is 0 Å². The number of methoxy groups -OCH3 is 2. The van der Waals surface area contributed by atoms with Gasteiger partial charge in [0.2, 0.25) is 0 Å². The molecule has 0 spiro atoms. The zero-order chi connectivity index (χ0) is 14.4. The van der Waals surface area contributed by atoms with Crippen LogP contribution < -0.4 is 5.11 Å². The van der Waals surface area contributed by atoms with Gasteiger partial charge < -0.3 is 24.1 Å². The van der Waals surface area contributed by atoms with Gasteiger partial charge in [-0.2, -0.15) is 0 Å². The SMILES string of the molecule is COCCOCCC(=O)[O-].COCC[P+](C)(C)C. The molecule has 0 saturated carbocycles. The second-order valence-corrected chi connectivity index (χ2v) is 9.76. The van der Waals surface area contributed by atoms with Crippen molar-refractivity contribution < 1.29 is 24.1 Å². The first kappa shape index (κ1) is 20.1. The molecule has 0 aliphatic carbocycles. The minimum Gasteiger partial charge on any atom is -0.550 e. The van der Waals surface area contributed by atoms with Gasteiger partial charge in [-0.25, -0.2) is 0 Å². The van der Waals surface area contributed by atoms with Crippen LogP contribution in [0.5, 0.6) is 0 Å². The minimum absolute atomic E-state index is 0.0519. The fourth-order valence-corrected chi connectivity index (χ4v) is 1.50. The molecule has 0 aliphatic heterocycles.